The maximum Gasteiger partial charge on any atom is 0.102 e. The summed E-state index contributed by atoms with van der Waals surface area (Å²) < 4.78 is 3.73. The van der Waals surface area contributed by atoms with Gasteiger partial charge in [0.1, 0.15) is 5.69 Å². The van der Waals surface area contributed by atoms with Gasteiger partial charge in [0.15, 0.2) is 0 Å². The third kappa shape index (κ3) is 3.66. The predicted molar refractivity (Wildman–Crippen MR) is 68.9 cm³/mol. The van der Waals surface area contributed by atoms with Crippen molar-refractivity contribution in [2.24, 2.45) is 13.0 Å². The molecule has 0 aliphatic heterocycles. The van der Waals surface area contributed by atoms with Crippen LogP contribution in [0.25, 0.3) is 0 Å². The van der Waals surface area contributed by atoms with Gasteiger partial charge < -0.3 is 9.88 Å². The van der Waals surface area contributed by atoms with E-state index in [0.29, 0.717) is 12.5 Å². The lowest BCUT2D eigenvalue weighted by molar-refractivity contribution is 0.548. The van der Waals surface area contributed by atoms with E-state index in [1.165, 1.54) is 0 Å². The van der Waals surface area contributed by atoms with Crippen LogP contribution < -0.4 is 5.32 Å². The Balaban J connectivity index is 1.86. The number of hydrogen-bond acceptors (Lipinski definition) is 4. The summed E-state index contributed by atoms with van der Waals surface area (Å²) in [4.78, 5) is 4.36. The number of imidazole rings is 1. The van der Waals surface area contributed by atoms with Crippen LogP contribution in [-0.2, 0) is 20.1 Å². The first-order valence-electron chi connectivity index (χ1n) is 6.20. The molecule has 0 aliphatic carbocycles. The monoisotopic (exact) mass is 248 g/mol. The Labute approximate surface area is 107 Å². The standard InChI is InChI=1S/C12H20N6/c1-10(2)4-13-5-11-7-18(9-14-11)8-12-6-17(3)16-15-12/h6-7,9-10,13H,4-5,8H2,1-3H3. The molecule has 0 atom stereocenters. The van der Waals surface area contributed by atoms with Crippen LogP contribution in [0.1, 0.15) is 25.2 Å². The van der Waals surface area contributed by atoms with Crippen molar-refractivity contribution in [3.8, 4) is 0 Å². The van der Waals surface area contributed by atoms with Gasteiger partial charge in [-0.2, -0.15) is 0 Å². The molecule has 98 valence electrons. The third-order valence-electron chi connectivity index (χ3n) is 2.54. The molecule has 0 bridgehead atoms. The van der Waals surface area contributed by atoms with Crippen molar-refractivity contribution >= 4 is 0 Å². The van der Waals surface area contributed by atoms with Crippen LogP contribution in [-0.4, -0.2) is 31.1 Å². The van der Waals surface area contributed by atoms with Gasteiger partial charge in [0, 0.05) is 26.0 Å². The fourth-order valence-corrected chi connectivity index (χ4v) is 1.73. The molecular formula is C12H20N6. The Morgan fingerprint density at radius 1 is 1.28 bits per heavy atom. The Morgan fingerprint density at radius 3 is 2.78 bits per heavy atom. The lowest BCUT2D eigenvalue weighted by Gasteiger charge is -2.04. The summed E-state index contributed by atoms with van der Waals surface area (Å²) >= 11 is 0. The van der Waals surface area contributed by atoms with E-state index >= 15 is 0 Å². The molecule has 0 unspecified atom stereocenters. The predicted octanol–water partition coefficient (Wildman–Crippen LogP) is 0.805. The molecule has 0 saturated carbocycles. The molecule has 18 heavy (non-hydrogen) atoms. The average Bonchev–Trinajstić information content (AvgIpc) is 2.89. The fourth-order valence-electron chi connectivity index (χ4n) is 1.73. The van der Waals surface area contributed by atoms with E-state index in [0.717, 1.165) is 24.5 Å². The van der Waals surface area contributed by atoms with Crippen LogP contribution in [0.4, 0.5) is 0 Å². The van der Waals surface area contributed by atoms with E-state index < -0.39 is 0 Å². The van der Waals surface area contributed by atoms with Crippen molar-refractivity contribution in [1.29, 1.82) is 0 Å². The van der Waals surface area contributed by atoms with E-state index in [9.17, 15) is 0 Å². The molecule has 0 amide bonds. The van der Waals surface area contributed by atoms with Gasteiger partial charge in [-0.05, 0) is 12.5 Å². The van der Waals surface area contributed by atoms with Crippen molar-refractivity contribution in [1.82, 2.24) is 29.9 Å². The lowest BCUT2D eigenvalue weighted by Crippen LogP contribution is -2.19. The van der Waals surface area contributed by atoms with Crippen LogP contribution in [0.3, 0.4) is 0 Å². The second-order valence-corrected chi connectivity index (χ2v) is 4.95. The van der Waals surface area contributed by atoms with Gasteiger partial charge in [-0.15, -0.1) is 5.10 Å². The second-order valence-electron chi connectivity index (χ2n) is 4.95. The molecule has 2 rings (SSSR count). The number of aryl methyl sites for hydroxylation is 1. The Hall–Kier alpha value is -1.69. The maximum atomic E-state index is 4.36. The van der Waals surface area contributed by atoms with Crippen LogP contribution >= 0.6 is 0 Å². The number of aromatic nitrogens is 5. The first-order chi connectivity index (χ1) is 8.63. The van der Waals surface area contributed by atoms with Gasteiger partial charge in [-0.3, -0.25) is 4.68 Å². The number of nitrogens with one attached hydrogen (secondary N) is 1. The third-order valence-corrected chi connectivity index (χ3v) is 2.54. The molecule has 0 saturated heterocycles. The molecular weight excluding hydrogens is 228 g/mol. The minimum Gasteiger partial charge on any atom is -0.331 e. The first kappa shape index (κ1) is 12.8. The fraction of sp³-hybridized carbons (Fsp3) is 0.583. The van der Waals surface area contributed by atoms with Crippen molar-refractivity contribution < 1.29 is 0 Å². The topological polar surface area (TPSA) is 60.6 Å². The largest absolute Gasteiger partial charge is 0.331 e. The normalized spacial score (nSPS) is 11.3. The molecule has 1 N–H and O–H groups in total. The maximum absolute atomic E-state index is 4.36. The Morgan fingerprint density at radius 2 is 2.11 bits per heavy atom. The van der Waals surface area contributed by atoms with E-state index in [-0.39, 0.29) is 0 Å². The summed E-state index contributed by atoms with van der Waals surface area (Å²) in [7, 11) is 1.87. The van der Waals surface area contributed by atoms with Gasteiger partial charge in [0.05, 0.1) is 18.6 Å². The van der Waals surface area contributed by atoms with Gasteiger partial charge in [-0.1, -0.05) is 19.1 Å². The molecule has 6 heteroatoms. The molecule has 2 heterocycles. The van der Waals surface area contributed by atoms with Gasteiger partial charge in [-0.25, -0.2) is 4.98 Å². The highest BCUT2D eigenvalue weighted by atomic mass is 15.4. The quantitative estimate of drug-likeness (QED) is 0.821. The smallest absolute Gasteiger partial charge is 0.102 e. The summed E-state index contributed by atoms with van der Waals surface area (Å²) in [6, 6.07) is 0. The zero-order chi connectivity index (χ0) is 13.0. The second kappa shape index (κ2) is 5.77. The highest BCUT2D eigenvalue weighted by molar-refractivity contribution is 5.00. The zero-order valence-electron chi connectivity index (χ0n) is 11.2. The number of hydrogen-bond donors (Lipinski definition) is 1. The van der Waals surface area contributed by atoms with Crippen LogP contribution in [0.5, 0.6) is 0 Å². The highest BCUT2D eigenvalue weighted by Crippen LogP contribution is 2.01. The van der Waals surface area contributed by atoms with Crippen LogP contribution in [0.15, 0.2) is 18.7 Å². The summed E-state index contributed by atoms with van der Waals surface area (Å²) in [6.07, 6.45) is 5.79. The van der Waals surface area contributed by atoms with E-state index in [1.807, 2.05) is 30.3 Å². The minimum absolute atomic E-state index is 0.659. The molecule has 2 aromatic heterocycles. The zero-order valence-corrected chi connectivity index (χ0v) is 11.2. The molecule has 0 radical (unpaired) electrons. The summed E-state index contributed by atoms with van der Waals surface area (Å²) in [6.45, 7) is 6.92. The minimum atomic E-state index is 0.659. The van der Waals surface area contributed by atoms with Crippen LogP contribution in [0, 0.1) is 5.92 Å². The Kier molecular flexibility index (Phi) is 4.09. The Bertz CT molecular complexity index is 484. The molecule has 0 aromatic carbocycles. The van der Waals surface area contributed by atoms with Gasteiger partial charge >= 0.3 is 0 Å². The average molecular weight is 248 g/mol. The van der Waals surface area contributed by atoms with Crippen LogP contribution in [0.2, 0.25) is 0 Å². The van der Waals surface area contributed by atoms with Crippen molar-refractivity contribution in [3.63, 3.8) is 0 Å². The van der Waals surface area contributed by atoms with E-state index in [2.05, 4.69) is 34.5 Å². The SMILES string of the molecule is CC(C)CNCc1cn(Cc2cn(C)nn2)cn1. The van der Waals surface area contributed by atoms with E-state index in [4.69, 9.17) is 0 Å². The molecule has 6 nitrogen and oxygen atoms in total. The summed E-state index contributed by atoms with van der Waals surface area (Å²) in [5.41, 5.74) is 2.00. The van der Waals surface area contributed by atoms with E-state index in [1.54, 1.807) is 4.68 Å². The molecule has 0 fully saturated rings. The van der Waals surface area contributed by atoms with Crippen molar-refractivity contribution in [2.75, 3.05) is 6.54 Å². The number of rotatable bonds is 6. The van der Waals surface area contributed by atoms with Crippen molar-refractivity contribution in [3.05, 3.63) is 30.1 Å². The first-order valence-corrected chi connectivity index (χ1v) is 6.20. The van der Waals surface area contributed by atoms with Crippen molar-refractivity contribution in [2.45, 2.75) is 26.9 Å². The van der Waals surface area contributed by atoms with Gasteiger partial charge in [0.2, 0.25) is 0 Å². The number of nitrogens with zero attached hydrogens (tertiary/aromatic N) is 5. The van der Waals surface area contributed by atoms with Gasteiger partial charge in [0.25, 0.3) is 0 Å². The lowest BCUT2D eigenvalue weighted by atomic mass is 10.2. The molecule has 0 spiro atoms. The summed E-state index contributed by atoms with van der Waals surface area (Å²) in [5, 5.41) is 11.3. The summed E-state index contributed by atoms with van der Waals surface area (Å²) in [5.74, 6) is 0.659. The highest BCUT2D eigenvalue weighted by Gasteiger charge is 2.02. The molecule has 0 aliphatic rings. The molecule has 2 aromatic rings.